The summed E-state index contributed by atoms with van der Waals surface area (Å²) in [6, 6.07) is 5.12. The predicted octanol–water partition coefficient (Wildman–Crippen LogP) is 2.67. The Labute approximate surface area is 111 Å². The fraction of sp³-hybridized carbons (Fsp3) is 0.733. The summed E-state index contributed by atoms with van der Waals surface area (Å²) in [4.78, 5) is 2.61. The number of hydrogen-bond acceptors (Lipinski definition) is 3. The summed E-state index contributed by atoms with van der Waals surface area (Å²) in [5.74, 6) is 1.07. The van der Waals surface area contributed by atoms with Crippen molar-refractivity contribution in [2.45, 2.75) is 51.6 Å². The van der Waals surface area contributed by atoms with Crippen LogP contribution in [0.5, 0.6) is 0 Å². The molecule has 2 rings (SSSR count). The van der Waals surface area contributed by atoms with E-state index in [1.54, 1.807) is 6.26 Å². The minimum atomic E-state index is 0.475. The van der Waals surface area contributed by atoms with E-state index in [9.17, 15) is 0 Å². The summed E-state index contributed by atoms with van der Waals surface area (Å²) in [5.41, 5.74) is 0. The lowest BCUT2D eigenvalue weighted by Crippen LogP contribution is -2.45. The monoisotopic (exact) mass is 250 g/mol. The van der Waals surface area contributed by atoms with Gasteiger partial charge in [0.25, 0.3) is 0 Å². The molecule has 3 heteroatoms. The van der Waals surface area contributed by atoms with Crippen molar-refractivity contribution in [3.63, 3.8) is 0 Å². The Balaban J connectivity index is 1.66. The van der Waals surface area contributed by atoms with E-state index in [1.165, 1.54) is 32.4 Å². The Kier molecular flexibility index (Phi) is 5.26. The zero-order valence-electron chi connectivity index (χ0n) is 11.7. The van der Waals surface area contributed by atoms with Gasteiger partial charge in [-0.2, -0.15) is 0 Å². The maximum absolute atomic E-state index is 5.38. The van der Waals surface area contributed by atoms with Gasteiger partial charge < -0.3 is 9.73 Å². The van der Waals surface area contributed by atoms with Crippen molar-refractivity contribution in [2.75, 3.05) is 19.6 Å². The highest BCUT2D eigenvalue weighted by atomic mass is 16.3. The Morgan fingerprint density at radius 3 is 2.72 bits per heavy atom. The quantitative estimate of drug-likeness (QED) is 0.841. The number of furan rings is 1. The fourth-order valence-electron chi connectivity index (χ4n) is 2.66. The molecule has 1 aliphatic rings. The maximum atomic E-state index is 5.38. The summed E-state index contributed by atoms with van der Waals surface area (Å²) >= 11 is 0. The molecule has 102 valence electrons. The van der Waals surface area contributed by atoms with Gasteiger partial charge in [0.05, 0.1) is 6.26 Å². The molecule has 0 bridgehead atoms. The van der Waals surface area contributed by atoms with Crippen molar-refractivity contribution in [3.05, 3.63) is 24.2 Å². The molecule has 1 fully saturated rings. The van der Waals surface area contributed by atoms with Gasteiger partial charge in [0.2, 0.25) is 0 Å². The van der Waals surface area contributed by atoms with Crippen LogP contribution in [0, 0.1) is 0 Å². The lowest BCUT2D eigenvalue weighted by atomic mass is 10.1. The third kappa shape index (κ3) is 4.14. The first-order valence-electron chi connectivity index (χ1n) is 7.25. The molecular formula is C15H26N2O. The smallest absolute Gasteiger partial charge is 0.105 e. The van der Waals surface area contributed by atoms with E-state index in [2.05, 4.69) is 24.1 Å². The molecular weight excluding hydrogens is 224 g/mol. The Morgan fingerprint density at radius 2 is 2.06 bits per heavy atom. The molecule has 2 unspecified atom stereocenters. The second-order valence-electron chi connectivity index (χ2n) is 5.54. The van der Waals surface area contributed by atoms with Gasteiger partial charge in [-0.1, -0.05) is 6.42 Å². The molecule has 1 N–H and O–H groups in total. The molecule has 0 aromatic carbocycles. The van der Waals surface area contributed by atoms with Crippen LogP contribution in [0.4, 0.5) is 0 Å². The average Bonchev–Trinajstić information content (AvgIpc) is 2.90. The van der Waals surface area contributed by atoms with E-state index in [0.717, 1.165) is 18.7 Å². The predicted molar refractivity (Wildman–Crippen MR) is 74.8 cm³/mol. The molecule has 0 spiro atoms. The van der Waals surface area contributed by atoms with Gasteiger partial charge in [0, 0.05) is 25.0 Å². The molecule has 1 aromatic rings. The first-order chi connectivity index (χ1) is 8.75. The van der Waals surface area contributed by atoms with Gasteiger partial charge in [0.15, 0.2) is 0 Å². The minimum Gasteiger partial charge on any atom is -0.469 e. The molecule has 1 aromatic heterocycles. The van der Waals surface area contributed by atoms with Crippen LogP contribution in [0.25, 0.3) is 0 Å². The molecule has 1 aliphatic heterocycles. The Morgan fingerprint density at radius 1 is 1.28 bits per heavy atom. The number of nitrogens with zero attached hydrogens (tertiary/aromatic N) is 1. The topological polar surface area (TPSA) is 28.4 Å². The van der Waals surface area contributed by atoms with Crippen LogP contribution in [0.15, 0.2) is 22.8 Å². The number of rotatable bonds is 6. The molecule has 0 amide bonds. The highest BCUT2D eigenvalue weighted by Gasteiger charge is 2.17. The van der Waals surface area contributed by atoms with Crippen LogP contribution < -0.4 is 5.32 Å². The fourth-order valence-corrected chi connectivity index (χ4v) is 2.66. The largest absolute Gasteiger partial charge is 0.469 e. The van der Waals surface area contributed by atoms with E-state index in [4.69, 9.17) is 4.42 Å². The van der Waals surface area contributed by atoms with Crippen molar-refractivity contribution in [1.82, 2.24) is 10.2 Å². The lowest BCUT2D eigenvalue weighted by molar-refractivity contribution is 0.168. The van der Waals surface area contributed by atoms with Crippen LogP contribution >= 0.6 is 0 Å². The average molecular weight is 250 g/mol. The minimum absolute atomic E-state index is 0.475. The lowest BCUT2D eigenvalue weighted by Gasteiger charge is -2.33. The van der Waals surface area contributed by atoms with Gasteiger partial charge in [-0.25, -0.2) is 0 Å². The van der Waals surface area contributed by atoms with Crippen molar-refractivity contribution in [3.8, 4) is 0 Å². The zero-order valence-corrected chi connectivity index (χ0v) is 11.7. The summed E-state index contributed by atoms with van der Waals surface area (Å²) in [5, 5.41) is 3.62. The summed E-state index contributed by atoms with van der Waals surface area (Å²) in [7, 11) is 0. The number of piperidine rings is 1. The number of likely N-dealkylation sites (tertiary alicyclic amines) is 1. The molecule has 0 radical (unpaired) electrons. The van der Waals surface area contributed by atoms with Gasteiger partial charge in [-0.3, -0.25) is 4.90 Å². The summed E-state index contributed by atoms with van der Waals surface area (Å²) in [6.45, 7) is 8.18. The second-order valence-corrected chi connectivity index (χ2v) is 5.54. The first-order valence-corrected chi connectivity index (χ1v) is 7.25. The van der Waals surface area contributed by atoms with Crippen molar-refractivity contribution < 1.29 is 4.42 Å². The SMILES string of the molecule is CC(Cc1ccco1)NCC(C)N1CCCCC1. The maximum Gasteiger partial charge on any atom is 0.105 e. The van der Waals surface area contributed by atoms with Crippen molar-refractivity contribution >= 4 is 0 Å². The molecule has 0 aliphatic carbocycles. The first kappa shape index (κ1) is 13.6. The third-order valence-electron chi connectivity index (χ3n) is 3.86. The molecule has 2 atom stereocenters. The van der Waals surface area contributed by atoms with E-state index in [1.807, 2.05) is 12.1 Å². The Hall–Kier alpha value is -0.800. The van der Waals surface area contributed by atoms with Crippen LogP contribution in [-0.2, 0) is 6.42 Å². The van der Waals surface area contributed by atoms with Gasteiger partial charge in [0.1, 0.15) is 5.76 Å². The van der Waals surface area contributed by atoms with Gasteiger partial charge >= 0.3 is 0 Å². The third-order valence-corrected chi connectivity index (χ3v) is 3.86. The zero-order chi connectivity index (χ0) is 12.8. The van der Waals surface area contributed by atoms with E-state index >= 15 is 0 Å². The number of hydrogen-bond donors (Lipinski definition) is 1. The molecule has 1 saturated heterocycles. The van der Waals surface area contributed by atoms with Gasteiger partial charge in [-0.05, 0) is 51.9 Å². The van der Waals surface area contributed by atoms with E-state index in [0.29, 0.717) is 12.1 Å². The van der Waals surface area contributed by atoms with Crippen LogP contribution in [0.1, 0.15) is 38.9 Å². The van der Waals surface area contributed by atoms with Crippen molar-refractivity contribution in [1.29, 1.82) is 0 Å². The highest BCUT2D eigenvalue weighted by molar-refractivity contribution is 5.00. The van der Waals surface area contributed by atoms with Crippen LogP contribution in [0.2, 0.25) is 0 Å². The normalized spacial score (nSPS) is 20.8. The standard InChI is InChI=1S/C15H26N2O/c1-13(11-15-7-6-10-18-15)16-12-14(2)17-8-4-3-5-9-17/h6-7,10,13-14,16H,3-5,8-9,11-12H2,1-2H3. The molecule has 2 heterocycles. The van der Waals surface area contributed by atoms with E-state index < -0.39 is 0 Å². The summed E-state index contributed by atoms with van der Waals surface area (Å²) in [6.07, 6.45) is 6.86. The highest BCUT2D eigenvalue weighted by Crippen LogP contribution is 2.11. The molecule has 3 nitrogen and oxygen atoms in total. The van der Waals surface area contributed by atoms with Crippen LogP contribution in [0.3, 0.4) is 0 Å². The Bertz CT molecular complexity index is 317. The second kappa shape index (κ2) is 6.95. The molecule has 18 heavy (non-hydrogen) atoms. The van der Waals surface area contributed by atoms with Gasteiger partial charge in [-0.15, -0.1) is 0 Å². The molecule has 0 saturated carbocycles. The summed E-state index contributed by atoms with van der Waals surface area (Å²) < 4.78 is 5.38. The van der Waals surface area contributed by atoms with Crippen molar-refractivity contribution in [2.24, 2.45) is 0 Å². The van der Waals surface area contributed by atoms with Crippen LogP contribution in [-0.4, -0.2) is 36.6 Å². The number of nitrogens with one attached hydrogen (secondary N) is 1. The van der Waals surface area contributed by atoms with E-state index in [-0.39, 0.29) is 0 Å².